The monoisotopic (exact) mass is 509 g/mol. The Morgan fingerprint density at radius 2 is 1.55 bits per heavy atom. The van der Waals surface area contributed by atoms with E-state index in [0.29, 0.717) is 17.9 Å². The van der Waals surface area contributed by atoms with Gasteiger partial charge in [-0.3, -0.25) is 4.79 Å². The van der Waals surface area contributed by atoms with E-state index in [9.17, 15) is 14.7 Å². The first-order valence-electron chi connectivity index (χ1n) is 13.5. The van der Waals surface area contributed by atoms with Gasteiger partial charge in [-0.25, -0.2) is 4.79 Å². The van der Waals surface area contributed by atoms with Crippen LogP contribution in [0.3, 0.4) is 0 Å². The van der Waals surface area contributed by atoms with Crippen LogP contribution in [0.1, 0.15) is 67.4 Å². The van der Waals surface area contributed by atoms with Gasteiger partial charge in [-0.1, -0.05) is 92.1 Å². The summed E-state index contributed by atoms with van der Waals surface area (Å²) in [5, 5.41) is 13.7. The number of aromatic nitrogens is 1. The zero-order valence-electron chi connectivity index (χ0n) is 21.5. The van der Waals surface area contributed by atoms with Crippen LogP contribution in [0.15, 0.2) is 78.9 Å². The van der Waals surface area contributed by atoms with E-state index in [1.165, 1.54) is 19.3 Å². The second kappa shape index (κ2) is 11.7. The van der Waals surface area contributed by atoms with E-state index in [-0.39, 0.29) is 18.4 Å². The standard InChI is InChI=1S/C32H35N3O3/c33-29(23-11-5-2-6-12-23)31-26(25-13-7-8-14-27(25)34-31)19-20-28(36)35-30(32(37)38)24-17-15-22(16-18-24)21-9-3-1-4-10-21/h1,3-4,7-10,13-18,23,29-30,34H,2,5-6,11-12,19-20,33H2,(H,35,36)(H,37,38)/t29-,30?/m1/s1. The van der Waals surface area contributed by atoms with E-state index >= 15 is 0 Å². The fourth-order valence-electron chi connectivity index (χ4n) is 5.76. The Bertz CT molecular complexity index is 1390. The molecule has 4 aromatic rings. The van der Waals surface area contributed by atoms with Crippen LogP contribution in [0.25, 0.3) is 22.0 Å². The molecular weight excluding hydrogens is 474 g/mol. The normalized spacial score (nSPS) is 15.7. The summed E-state index contributed by atoms with van der Waals surface area (Å²) in [5.41, 5.74) is 12.5. The summed E-state index contributed by atoms with van der Waals surface area (Å²) in [6.45, 7) is 0. The van der Waals surface area contributed by atoms with Gasteiger partial charge < -0.3 is 21.1 Å². The molecule has 0 radical (unpaired) electrons. The number of para-hydroxylation sites is 1. The van der Waals surface area contributed by atoms with Gasteiger partial charge in [-0.2, -0.15) is 0 Å². The minimum Gasteiger partial charge on any atom is -0.479 e. The van der Waals surface area contributed by atoms with E-state index in [4.69, 9.17) is 5.73 Å². The molecule has 2 atom stereocenters. The smallest absolute Gasteiger partial charge is 0.330 e. The van der Waals surface area contributed by atoms with Gasteiger partial charge in [-0.15, -0.1) is 0 Å². The molecule has 196 valence electrons. The Kier molecular flexibility index (Phi) is 7.89. The Morgan fingerprint density at radius 3 is 2.26 bits per heavy atom. The molecule has 0 bridgehead atoms. The minimum atomic E-state index is -1.11. The van der Waals surface area contributed by atoms with Gasteiger partial charge in [0.15, 0.2) is 6.04 Å². The molecule has 1 aliphatic rings. The highest BCUT2D eigenvalue weighted by Crippen LogP contribution is 2.36. The molecular formula is C32H35N3O3. The predicted octanol–water partition coefficient (Wildman–Crippen LogP) is 6.29. The van der Waals surface area contributed by atoms with E-state index < -0.39 is 12.0 Å². The van der Waals surface area contributed by atoms with Crippen molar-refractivity contribution in [1.82, 2.24) is 10.3 Å². The first-order valence-corrected chi connectivity index (χ1v) is 13.5. The van der Waals surface area contributed by atoms with Crippen LogP contribution in [0.4, 0.5) is 0 Å². The maximum absolute atomic E-state index is 13.0. The maximum atomic E-state index is 13.0. The number of aliphatic carboxylic acids is 1. The van der Waals surface area contributed by atoms with Gasteiger partial charge in [0.25, 0.3) is 0 Å². The Morgan fingerprint density at radius 1 is 0.895 bits per heavy atom. The summed E-state index contributed by atoms with van der Waals surface area (Å²) in [6.07, 6.45) is 6.60. The van der Waals surface area contributed by atoms with Crippen molar-refractivity contribution < 1.29 is 14.7 Å². The zero-order chi connectivity index (χ0) is 26.5. The van der Waals surface area contributed by atoms with Crippen LogP contribution in [-0.2, 0) is 16.0 Å². The number of carbonyl (C=O) groups is 2. The number of carboxylic acid groups (broad SMARTS) is 1. The molecule has 1 amide bonds. The molecule has 5 rings (SSSR count). The highest BCUT2D eigenvalue weighted by atomic mass is 16.4. The lowest BCUT2D eigenvalue weighted by Crippen LogP contribution is -2.34. The number of aromatic amines is 1. The number of amides is 1. The SMILES string of the molecule is N[C@@H](c1[nH]c2ccccc2c1CCC(=O)NC(C(=O)O)c1ccc(-c2ccccc2)cc1)C1CCCCC1. The summed E-state index contributed by atoms with van der Waals surface area (Å²) in [6, 6.07) is 24.1. The van der Waals surface area contributed by atoms with Crippen molar-refractivity contribution in [3.8, 4) is 11.1 Å². The number of nitrogens with two attached hydrogens (primary N) is 1. The minimum absolute atomic E-state index is 0.101. The number of carbonyl (C=O) groups excluding carboxylic acids is 1. The van der Waals surface area contributed by atoms with Crippen molar-refractivity contribution in [2.45, 2.75) is 57.0 Å². The molecule has 38 heavy (non-hydrogen) atoms. The number of rotatable bonds is 9. The van der Waals surface area contributed by atoms with Gasteiger partial charge >= 0.3 is 5.97 Å². The van der Waals surface area contributed by atoms with Crippen LogP contribution in [-0.4, -0.2) is 22.0 Å². The molecule has 1 aliphatic carbocycles. The highest BCUT2D eigenvalue weighted by Gasteiger charge is 2.27. The summed E-state index contributed by atoms with van der Waals surface area (Å²) >= 11 is 0. The lowest BCUT2D eigenvalue weighted by Gasteiger charge is -2.27. The lowest BCUT2D eigenvalue weighted by atomic mass is 9.82. The number of hydrogen-bond acceptors (Lipinski definition) is 3. The largest absolute Gasteiger partial charge is 0.479 e. The van der Waals surface area contributed by atoms with Crippen molar-refractivity contribution >= 4 is 22.8 Å². The third-order valence-electron chi connectivity index (χ3n) is 7.84. The zero-order valence-corrected chi connectivity index (χ0v) is 21.5. The van der Waals surface area contributed by atoms with Gasteiger partial charge in [-0.05, 0) is 53.5 Å². The first kappa shape index (κ1) is 25.7. The molecule has 0 saturated heterocycles. The van der Waals surface area contributed by atoms with Gasteiger partial charge in [0.05, 0.1) is 0 Å². The van der Waals surface area contributed by atoms with Crippen LogP contribution in [0, 0.1) is 5.92 Å². The summed E-state index contributed by atoms with van der Waals surface area (Å²) in [4.78, 5) is 28.6. The number of carboxylic acids is 1. The number of benzene rings is 3. The second-order valence-corrected chi connectivity index (χ2v) is 10.3. The van der Waals surface area contributed by atoms with Crippen molar-refractivity contribution in [2.75, 3.05) is 0 Å². The average molecular weight is 510 g/mol. The van der Waals surface area contributed by atoms with E-state index in [1.54, 1.807) is 12.1 Å². The number of fused-ring (bicyclic) bond motifs is 1. The van der Waals surface area contributed by atoms with Crippen LogP contribution >= 0.6 is 0 Å². The molecule has 3 aromatic carbocycles. The molecule has 6 heteroatoms. The van der Waals surface area contributed by atoms with Crippen molar-refractivity contribution in [3.63, 3.8) is 0 Å². The number of aryl methyl sites for hydroxylation is 1. The summed E-state index contributed by atoms with van der Waals surface area (Å²) in [7, 11) is 0. The highest BCUT2D eigenvalue weighted by molar-refractivity contribution is 5.87. The van der Waals surface area contributed by atoms with Gasteiger partial charge in [0.2, 0.25) is 5.91 Å². The van der Waals surface area contributed by atoms with Crippen LogP contribution in [0.5, 0.6) is 0 Å². The first-order chi connectivity index (χ1) is 18.5. The second-order valence-electron chi connectivity index (χ2n) is 10.3. The molecule has 1 aromatic heterocycles. The topological polar surface area (TPSA) is 108 Å². The number of hydrogen-bond donors (Lipinski definition) is 4. The summed E-state index contributed by atoms with van der Waals surface area (Å²) < 4.78 is 0. The fraction of sp³-hybridized carbons (Fsp3) is 0.312. The van der Waals surface area contributed by atoms with Crippen molar-refractivity contribution in [1.29, 1.82) is 0 Å². The molecule has 6 nitrogen and oxygen atoms in total. The third kappa shape index (κ3) is 5.65. The quantitative estimate of drug-likeness (QED) is 0.213. The molecule has 5 N–H and O–H groups in total. The summed E-state index contributed by atoms with van der Waals surface area (Å²) in [5.74, 6) is -0.954. The van der Waals surface area contributed by atoms with Crippen LogP contribution in [0.2, 0.25) is 0 Å². The predicted molar refractivity (Wildman–Crippen MR) is 151 cm³/mol. The van der Waals surface area contributed by atoms with E-state index in [0.717, 1.165) is 46.1 Å². The Balaban J connectivity index is 1.30. The fourth-order valence-corrected chi connectivity index (χ4v) is 5.76. The van der Waals surface area contributed by atoms with E-state index in [2.05, 4.69) is 16.4 Å². The Labute approximate surface area is 223 Å². The molecule has 1 saturated carbocycles. The van der Waals surface area contributed by atoms with Crippen LogP contribution < -0.4 is 11.1 Å². The van der Waals surface area contributed by atoms with Crippen molar-refractivity contribution in [3.05, 3.63) is 95.7 Å². The molecule has 1 unspecified atom stereocenters. The third-order valence-corrected chi connectivity index (χ3v) is 7.84. The number of H-pyrrole nitrogens is 1. The van der Waals surface area contributed by atoms with Crippen molar-refractivity contribution in [2.24, 2.45) is 11.7 Å². The van der Waals surface area contributed by atoms with E-state index in [1.807, 2.05) is 60.7 Å². The van der Waals surface area contributed by atoms with Gasteiger partial charge in [0.1, 0.15) is 0 Å². The average Bonchev–Trinajstić information content (AvgIpc) is 3.34. The maximum Gasteiger partial charge on any atom is 0.330 e. The molecule has 1 fully saturated rings. The molecule has 0 aliphatic heterocycles. The molecule has 1 heterocycles. The Hall–Kier alpha value is -3.90. The lowest BCUT2D eigenvalue weighted by molar-refractivity contribution is -0.142. The number of nitrogens with one attached hydrogen (secondary N) is 2. The molecule has 0 spiro atoms. The van der Waals surface area contributed by atoms with Gasteiger partial charge in [0, 0.05) is 29.1 Å².